The molecule has 17 heavy (non-hydrogen) atoms. The maximum absolute atomic E-state index is 4.26. The number of hydrogen-bond donors (Lipinski definition) is 1. The Morgan fingerprint density at radius 1 is 1.41 bits per heavy atom. The monoisotopic (exact) mass is 238 g/mol. The molecule has 0 aromatic carbocycles. The second-order valence-electron chi connectivity index (χ2n) is 5.79. The Kier molecular flexibility index (Phi) is 4.71. The maximum atomic E-state index is 4.26. The molecule has 0 saturated carbocycles. The van der Waals surface area contributed by atoms with Crippen molar-refractivity contribution < 1.29 is 0 Å². The molecule has 0 unspecified atom stereocenters. The van der Waals surface area contributed by atoms with Crippen LogP contribution in [0.5, 0.6) is 0 Å². The van der Waals surface area contributed by atoms with Crippen molar-refractivity contribution in [2.75, 3.05) is 20.1 Å². The average molecular weight is 238 g/mol. The fourth-order valence-electron chi connectivity index (χ4n) is 1.69. The van der Waals surface area contributed by atoms with Crippen LogP contribution in [0, 0.1) is 6.92 Å². The number of nitrogens with zero attached hydrogens (tertiary/aromatic N) is 3. The largest absolute Gasteiger partial charge is 0.311 e. The van der Waals surface area contributed by atoms with Crippen LogP contribution in [-0.4, -0.2) is 40.4 Å². The van der Waals surface area contributed by atoms with Gasteiger partial charge in [-0.2, -0.15) is 5.10 Å². The lowest BCUT2D eigenvalue weighted by molar-refractivity contribution is 0.303. The van der Waals surface area contributed by atoms with Crippen LogP contribution in [0.1, 0.15) is 32.0 Å². The highest BCUT2D eigenvalue weighted by molar-refractivity contribution is 5.15. The average Bonchev–Trinajstić information content (AvgIpc) is 2.47. The van der Waals surface area contributed by atoms with Gasteiger partial charge in [0.1, 0.15) is 0 Å². The zero-order valence-electron chi connectivity index (χ0n) is 12.0. The van der Waals surface area contributed by atoms with Gasteiger partial charge < -0.3 is 10.2 Å². The standard InChI is InChI=1S/C13H26N4/c1-11-12(9-15-17(11)6)10-16(5)8-7-14-13(2,3)4/h9,14H,7-8,10H2,1-6H3. The highest BCUT2D eigenvalue weighted by Gasteiger charge is 2.10. The van der Waals surface area contributed by atoms with Crippen molar-refractivity contribution in [1.82, 2.24) is 20.0 Å². The van der Waals surface area contributed by atoms with Crippen LogP contribution in [0.4, 0.5) is 0 Å². The molecule has 0 fully saturated rings. The van der Waals surface area contributed by atoms with E-state index in [1.54, 1.807) is 0 Å². The van der Waals surface area contributed by atoms with E-state index in [2.05, 4.69) is 50.1 Å². The summed E-state index contributed by atoms with van der Waals surface area (Å²) < 4.78 is 1.93. The molecule has 0 saturated heterocycles. The van der Waals surface area contributed by atoms with E-state index in [0.717, 1.165) is 19.6 Å². The van der Waals surface area contributed by atoms with Gasteiger partial charge in [-0.3, -0.25) is 4.68 Å². The van der Waals surface area contributed by atoms with Gasteiger partial charge in [-0.1, -0.05) is 0 Å². The molecule has 0 atom stereocenters. The van der Waals surface area contributed by atoms with Gasteiger partial charge in [-0.15, -0.1) is 0 Å². The van der Waals surface area contributed by atoms with E-state index in [9.17, 15) is 0 Å². The molecule has 4 nitrogen and oxygen atoms in total. The second-order valence-corrected chi connectivity index (χ2v) is 5.79. The fraction of sp³-hybridized carbons (Fsp3) is 0.769. The molecule has 1 aromatic rings. The summed E-state index contributed by atoms with van der Waals surface area (Å²) in [7, 11) is 4.14. The van der Waals surface area contributed by atoms with Crippen molar-refractivity contribution in [3.8, 4) is 0 Å². The van der Waals surface area contributed by atoms with Gasteiger partial charge in [0.25, 0.3) is 0 Å². The van der Waals surface area contributed by atoms with E-state index in [1.165, 1.54) is 11.3 Å². The predicted molar refractivity (Wildman–Crippen MR) is 72.0 cm³/mol. The first-order valence-electron chi connectivity index (χ1n) is 6.20. The molecule has 0 amide bonds. The Hall–Kier alpha value is -0.870. The summed E-state index contributed by atoms with van der Waals surface area (Å²) in [6.45, 7) is 11.7. The molecule has 0 radical (unpaired) electrons. The quantitative estimate of drug-likeness (QED) is 0.845. The molecule has 1 heterocycles. The number of hydrogen-bond acceptors (Lipinski definition) is 3. The Morgan fingerprint density at radius 2 is 2.06 bits per heavy atom. The molecule has 0 aliphatic rings. The van der Waals surface area contributed by atoms with Crippen molar-refractivity contribution in [1.29, 1.82) is 0 Å². The third-order valence-electron chi connectivity index (χ3n) is 2.93. The van der Waals surface area contributed by atoms with E-state index in [1.807, 2.05) is 17.9 Å². The van der Waals surface area contributed by atoms with Crippen molar-refractivity contribution in [2.24, 2.45) is 7.05 Å². The minimum Gasteiger partial charge on any atom is -0.311 e. The predicted octanol–water partition coefficient (Wildman–Crippen LogP) is 1.55. The first kappa shape index (κ1) is 14.2. The van der Waals surface area contributed by atoms with Crippen LogP contribution in [0.2, 0.25) is 0 Å². The van der Waals surface area contributed by atoms with Crippen LogP contribution in [-0.2, 0) is 13.6 Å². The third-order valence-corrected chi connectivity index (χ3v) is 2.93. The summed E-state index contributed by atoms with van der Waals surface area (Å²) in [4.78, 5) is 2.32. The molecule has 1 N–H and O–H groups in total. The lowest BCUT2D eigenvalue weighted by atomic mass is 10.1. The SMILES string of the molecule is Cc1c(CN(C)CCNC(C)(C)C)cnn1C. The smallest absolute Gasteiger partial charge is 0.0537 e. The summed E-state index contributed by atoms with van der Waals surface area (Å²) in [5.74, 6) is 0. The first-order valence-corrected chi connectivity index (χ1v) is 6.20. The van der Waals surface area contributed by atoms with Gasteiger partial charge in [0.05, 0.1) is 6.20 Å². The Labute approximate surface area is 105 Å². The van der Waals surface area contributed by atoms with Gasteiger partial charge in [0.15, 0.2) is 0 Å². The highest BCUT2D eigenvalue weighted by Crippen LogP contribution is 2.08. The molecule has 0 bridgehead atoms. The van der Waals surface area contributed by atoms with Crippen LogP contribution >= 0.6 is 0 Å². The zero-order valence-corrected chi connectivity index (χ0v) is 12.0. The molecule has 98 valence electrons. The van der Waals surface area contributed by atoms with Gasteiger partial charge in [-0.05, 0) is 34.7 Å². The fourth-order valence-corrected chi connectivity index (χ4v) is 1.69. The van der Waals surface area contributed by atoms with Crippen molar-refractivity contribution in [3.05, 3.63) is 17.5 Å². The Morgan fingerprint density at radius 3 is 2.53 bits per heavy atom. The molecule has 1 aromatic heterocycles. The molecule has 1 rings (SSSR count). The van der Waals surface area contributed by atoms with Crippen molar-refractivity contribution >= 4 is 0 Å². The van der Waals surface area contributed by atoms with Crippen LogP contribution in [0.15, 0.2) is 6.20 Å². The van der Waals surface area contributed by atoms with E-state index in [4.69, 9.17) is 0 Å². The van der Waals surface area contributed by atoms with Crippen LogP contribution in [0.25, 0.3) is 0 Å². The molecule has 0 spiro atoms. The molecule has 0 aliphatic heterocycles. The Balaban J connectivity index is 2.35. The number of likely N-dealkylation sites (N-methyl/N-ethyl adjacent to an activating group) is 1. The third kappa shape index (κ3) is 4.88. The van der Waals surface area contributed by atoms with Gasteiger partial charge in [0.2, 0.25) is 0 Å². The summed E-state index contributed by atoms with van der Waals surface area (Å²) >= 11 is 0. The zero-order chi connectivity index (χ0) is 13.1. The van der Waals surface area contributed by atoms with Crippen molar-refractivity contribution in [3.63, 3.8) is 0 Å². The normalized spacial score (nSPS) is 12.4. The molecular formula is C13H26N4. The summed E-state index contributed by atoms with van der Waals surface area (Å²) in [6.07, 6.45) is 1.96. The van der Waals surface area contributed by atoms with E-state index in [-0.39, 0.29) is 5.54 Å². The summed E-state index contributed by atoms with van der Waals surface area (Å²) in [5.41, 5.74) is 2.76. The van der Waals surface area contributed by atoms with E-state index >= 15 is 0 Å². The minimum atomic E-state index is 0.199. The summed E-state index contributed by atoms with van der Waals surface area (Å²) in [5, 5.41) is 7.76. The number of aryl methyl sites for hydroxylation is 1. The van der Waals surface area contributed by atoms with Crippen LogP contribution < -0.4 is 5.32 Å². The van der Waals surface area contributed by atoms with E-state index in [0.29, 0.717) is 0 Å². The highest BCUT2D eigenvalue weighted by atomic mass is 15.3. The number of aromatic nitrogens is 2. The second kappa shape index (κ2) is 5.65. The summed E-state index contributed by atoms with van der Waals surface area (Å²) in [6, 6.07) is 0. The van der Waals surface area contributed by atoms with Gasteiger partial charge in [0, 0.05) is 43.5 Å². The topological polar surface area (TPSA) is 33.1 Å². The van der Waals surface area contributed by atoms with Crippen LogP contribution in [0.3, 0.4) is 0 Å². The van der Waals surface area contributed by atoms with Crippen molar-refractivity contribution in [2.45, 2.75) is 39.8 Å². The maximum Gasteiger partial charge on any atom is 0.0537 e. The number of rotatable bonds is 5. The molecule has 0 aliphatic carbocycles. The van der Waals surface area contributed by atoms with Gasteiger partial charge in [-0.25, -0.2) is 0 Å². The lowest BCUT2D eigenvalue weighted by Crippen LogP contribution is -2.40. The Bertz CT molecular complexity index is 349. The van der Waals surface area contributed by atoms with E-state index < -0.39 is 0 Å². The number of nitrogens with one attached hydrogen (secondary N) is 1. The lowest BCUT2D eigenvalue weighted by Gasteiger charge is -2.23. The van der Waals surface area contributed by atoms with Gasteiger partial charge >= 0.3 is 0 Å². The molecular weight excluding hydrogens is 212 g/mol. The minimum absolute atomic E-state index is 0.199. The first-order chi connectivity index (χ1) is 7.79. The molecule has 4 heteroatoms.